The molecule has 1 rings (SSSR count). The van der Waals surface area contributed by atoms with E-state index in [-0.39, 0.29) is 5.92 Å². The fourth-order valence-electron chi connectivity index (χ4n) is 3.19. The number of carbonyl (C=O) groups excluding carboxylic acids is 1. The van der Waals surface area contributed by atoms with Crippen molar-refractivity contribution in [2.45, 2.75) is 66.0 Å². The van der Waals surface area contributed by atoms with E-state index in [0.29, 0.717) is 18.9 Å². The third-order valence-electron chi connectivity index (χ3n) is 3.83. The van der Waals surface area contributed by atoms with Crippen molar-refractivity contribution in [3.05, 3.63) is 11.6 Å². The summed E-state index contributed by atoms with van der Waals surface area (Å²) >= 11 is 0. The smallest absolute Gasteiger partial charge is 0.411 e. The summed E-state index contributed by atoms with van der Waals surface area (Å²) in [6, 6.07) is -0.842. The van der Waals surface area contributed by atoms with Crippen molar-refractivity contribution in [2.24, 2.45) is 11.8 Å². The summed E-state index contributed by atoms with van der Waals surface area (Å²) in [4.78, 5) is 25.5. The maximum Gasteiger partial charge on any atom is 0.411 e. The van der Waals surface area contributed by atoms with Crippen LogP contribution < -0.4 is 0 Å². The summed E-state index contributed by atoms with van der Waals surface area (Å²) in [5.74, 6) is -0.706. The molecule has 0 fully saturated rings. The fourth-order valence-corrected chi connectivity index (χ4v) is 3.19. The second-order valence-corrected chi connectivity index (χ2v) is 7.24. The van der Waals surface area contributed by atoms with Crippen LogP contribution in [-0.4, -0.2) is 40.3 Å². The van der Waals surface area contributed by atoms with Crippen molar-refractivity contribution in [1.82, 2.24) is 4.90 Å². The fraction of sp³-hybridized carbons (Fsp3) is 0.765. The predicted molar refractivity (Wildman–Crippen MR) is 85.7 cm³/mol. The van der Waals surface area contributed by atoms with Crippen LogP contribution in [0.4, 0.5) is 4.79 Å². The van der Waals surface area contributed by atoms with E-state index in [9.17, 15) is 14.7 Å². The van der Waals surface area contributed by atoms with Gasteiger partial charge in [0.1, 0.15) is 11.6 Å². The lowest BCUT2D eigenvalue weighted by atomic mass is 9.79. The maximum absolute atomic E-state index is 12.4. The molecule has 1 N–H and O–H groups in total. The van der Waals surface area contributed by atoms with Gasteiger partial charge < -0.3 is 9.84 Å². The van der Waals surface area contributed by atoms with E-state index in [4.69, 9.17) is 4.74 Å². The first kappa shape index (κ1) is 18.5. The first-order valence-corrected chi connectivity index (χ1v) is 7.94. The summed E-state index contributed by atoms with van der Waals surface area (Å²) < 4.78 is 5.38. The lowest BCUT2D eigenvalue weighted by Gasteiger charge is -2.37. The standard InChI is InChI=1S/C17H29NO4/c1-7-18(16(21)22-17(4,5)6)14(15(19)20)13-9-11(2)8-12(3)10-13/h8,11,13-14H,7,9-10H2,1-6H3,(H,19,20). The molecule has 1 aliphatic rings. The van der Waals surface area contributed by atoms with Gasteiger partial charge >= 0.3 is 12.1 Å². The zero-order valence-corrected chi connectivity index (χ0v) is 14.5. The first-order chi connectivity index (χ1) is 10.0. The van der Waals surface area contributed by atoms with E-state index >= 15 is 0 Å². The SMILES string of the molecule is CCN(C(=O)OC(C)(C)C)C(C(=O)O)C1CC(C)=CC(C)C1. The van der Waals surface area contributed by atoms with Crippen molar-refractivity contribution < 1.29 is 19.4 Å². The Morgan fingerprint density at radius 3 is 2.45 bits per heavy atom. The van der Waals surface area contributed by atoms with Crippen molar-refractivity contribution in [3.8, 4) is 0 Å². The largest absolute Gasteiger partial charge is 0.480 e. The Bertz CT molecular complexity index is 450. The van der Waals surface area contributed by atoms with Crippen molar-refractivity contribution in [1.29, 1.82) is 0 Å². The average molecular weight is 311 g/mol. The molecule has 0 bridgehead atoms. The Morgan fingerprint density at radius 1 is 1.45 bits per heavy atom. The molecule has 3 atom stereocenters. The molecule has 5 nitrogen and oxygen atoms in total. The zero-order chi connectivity index (χ0) is 17.1. The zero-order valence-electron chi connectivity index (χ0n) is 14.5. The van der Waals surface area contributed by atoms with Crippen molar-refractivity contribution in [3.63, 3.8) is 0 Å². The monoisotopic (exact) mass is 311 g/mol. The number of carboxylic acids is 1. The minimum atomic E-state index is -0.959. The number of rotatable bonds is 4. The number of carboxylic acid groups (broad SMARTS) is 1. The van der Waals surface area contributed by atoms with E-state index in [1.54, 1.807) is 27.7 Å². The van der Waals surface area contributed by atoms with Gasteiger partial charge in [-0.2, -0.15) is 0 Å². The van der Waals surface area contributed by atoms with Gasteiger partial charge in [0.05, 0.1) is 0 Å². The molecule has 0 aromatic rings. The molecule has 0 aliphatic heterocycles. The molecule has 5 heteroatoms. The molecule has 0 saturated carbocycles. The van der Waals surface area contributed by atoms with Crippen LogP contribution in [0.15, 0.2) is 11.6 Å². The van der Waals surface area contributed by atoms with Gasteiger partial charge in [-0.15, -0.1) is 0 Å². The van der Waals surface area contributed by atoms with Crippen LogP contribution in [0.5, 0.6) is 0 Å². The molecule has 0 aromatic heterocycles. The quantitative estimate of drug-likeness (QED) is 0.804. The van der Waals surface area contributed by atoms with E-state index < -0.39 is 23.7 Å². The second kappa shape index (κ2) is 7.16. The summed E-state index contributed by atoms with van der Waals surface area (Å²) in [7, 11) is 0. The number of aliphatic carboxylic acids is 1. The first-order valence-electron chi connectivity index (χ1n) is 7.94. The van der Waals surface area contributed by atoms with Gasteiger partial charge in [-0.3, -0.25) is 4.90 Å². The lowest BCUT2D eigenvalue weighted by Crippen LogP contribution is -2.51. The van der Waals surface area contributed by atoms with E-state index in [1.807, 2.05) is 6.92 Å². The van der Waals surface area contributed by atoms with Crippen LogP contribution in [0.1, 0.15) is 54.4 Å². The summed E-state index contributed by atoms with van der Waals surface area (Å²) in [6.45, 7) is 11.6. The Hall–Kier alpha value is -1.52. The number of carbonyl (C=O) groups is 2. The number of allylic oxidation sites excluding steroid dienone is 2. The van der Waals surface area contributed by atoms with Crippen LogP contribution >= 0.6 is 0 Å². The van der Waals surface area contributed by atoms with Crippen LogP contribution in [0.25, 0.3) is 0 Å². The number of nitrogens with zero attached hydrogens (tertiary/aromatic N) is 1. The third kappa shape index (κ3) is 5.04. The molecule has 22 heavy (non-hydrogen) atoms. The van der Waals surface area contributed by atoms with Crippen LogP contribution in [0.2, 0.25) is 0 Å². The van der Waals surface area contributed by atoms with Crippen LogP contribution in [0.3, 0.4) is 0 Å². The molecule has 0 spiro atoms. The van der Waals surface area contributed by atoms with Gasteiger partial charge in [-0.25, -0.2) is 9.59 Å². The Balaban J connectivity index is 2.99. The Kier molecular flexibility index (Phi) is 6.03. The summed E-state index contributed by atoms with van der Waals surface area (Å²) in [5.41, 5.74) is 0.554. The van der Waals surface area contributed by atoms with E-state index in [2.05, 4.69) is 13.0 Å². The van der Waals surface area contributed by atoms with Gasteiger partial charge in [0.2, 0.25) is 0 Å². The predicted octanol–water partition coefficient (Wildman–Crippen LogP) is 3.69. The maximum atomic E-state index is 12.4. The molecule has 1 aliphatic carbocycles. The minimum Gasteiger partial charge on any atom is -0.480 e. The molecular weight excluding hydrogens is 282 g/mol. The number of ether oxygens (including phenoxy) is 1. The highest BCUT2D eigenvalue weighted by Crippen LogP contribution is 2.33. The highest BCUT2D eigenvalue weighted by atomic mass is 16.6. The van der Waals surface area contributed by atoms with Gasteiger partial charge in [0.15, 0.2) is 0 Å². The van der Waals surface area contributed by atoms with Crippen molar-refractivity contribution >= 4 is 12.1 Å². The highest BCUT2D eigenvalue weighted by molar-refractivity contribution is 5.80. The molecule has 126 valence electrons. The van der Waals surface area contributed by atoms with Crippen LogP contribution in [-0.2, 0) is 9.53 Å². The number of hydrogen-bond acceptors (Lipinski definition) is 3. The van der Waals surface area contributed by atoms with Gasteiger partial charge in [-0.1, -0.05) is 18.6 Å². The molecule has 0 radical (unpaired) electrons. The second-order valence-electron chi connectivity index (χ2n) is 7.24. The number of amides is 1. The van der Waals surface area contributed by atoms with Gasteiger partial charge in [0, 0.05) is 6.54 Å². The molecule has 3 unspecified atom stereocenters. The number of hydrogen-bond donors (Lipinski definition) is 1. The minimum absolute atomic E-state index is 0.0787. The van der Waals surface area contributed by atoms with E-state index in [1.165, 1.54) is 10.5 Å². The van der Waals surface area contributed by atoms with Gasteiger partial charge in [0.25, 0.3) is 0 Å². The van der Waals surface area contributed by atoms with Crippen LogP contribution in [0, 0.1) is 11.8 Å². The molecule has 0 aromatic carbocycles. The van der Waals surface area contributed by atoms with Gasteiger partial charge in [-0.05, 0) is 59.3 Å². The topological polar surface area (TPSA) is 66.8 Å². The molecular formula is C17H29NO4. The summed E-state index contributed by atoms with van der Waals surface area (Å²) in [5, 5.41) is 9.68. The normalized spacial score (nSPS) is 23.5. The van der Waals surface area contributed by atoms with E-state index in [0.717, 1.165) is 6.42 Å². The third-order valence-corrected chi connectivity index (χ3v) is 3.83. The molecule has 0 saturated heterocycles. The Morgan fingerprint density at radius 2 is 2.05 bits per heavy atom. The summed E-state index contributed by atoms with van der Waals surface area (Å²) in [6.07, 6.45) is 3.11. The molecule has 0 heterocycles. The highest BCUT2D eigenvalue weighted by Gasteiger charge is 2.39. The Labute approximate surface area is 133 Å². The lowest BCUT2D eigenvalue weighted by molar-refractivity contribution is -0.145. The number of likely N-dealkylation sites (N-methyl/N-ethyl adjacent to an activating group) is 1. The molecule has 1 amide bonds. The average Bonchev–Trinajstić information content (AvgIpc) is 2.31. The van der Waals surface area contributed by atoms with Crippen molar-refractivity contribution in [2.75, 3.05) is 6.54 Å².